The topological polar surface area (TPSA) is 71.0 Å². The highest BCUT2D eigenvalue weighted by molar-refractivity contribution is 5.68. The summed E-state index contributed by atoms with van der Waals surface area (Å²) in [5.74, 6) is 0. The lowest BCUT2D eigenvalue weighted by Crippen LogP contribution is -2.40. The zero-order valence-corrected chi connectivity index (χ0v) is 13.0. The standard InChI is InChI=1S/C14H28N2O4/c1-5-19-8-6-7-15-11-9-16(10-12(11)17)13(18)20-14(2,3)4/h11-12,15,17H,5-10H2,1-4H3/t11-,12-/m1/s1. The smallest absolute Gasteiger partial charge is 0.410 e. The first-order valence-electron chi connectivity index (χ1n) is 7.30. The van der Waals surface area contributed by atoms with Crippen LogP contribution < -0.4 is 5.32 Å². The lowest BCUT2D eigenvalue weighted by atomic mass is 10.2. The van der Waals surface area contributed by atoms with Crippen LogP contribution in [-0.2, 0) is 9.47 Å². The number of aliphatic hydroxyl groups excluding tert-OH is 1. The number of nitrogens with zero attached hydrogens (tertiary/aromatic N) is 1. The minimum absolute atomic E-state index is 0.0934. The van der Waals surface area contributed by atoms with Gasteiger partial charge in [0.25, 0.3) is 0 Å². The lowest BCUT2D eigenvalue weighted by molar-refractivity contribution is 0.0270. The highest BCUT2D eigenvalue weighted by atomic mass is 16.6. The van der Waals surface area contributed by atoms with Crippen LogP contribution in [0.15, 0.2) is 0 Å². The zero-order valence-electron chi connectivity index (χ0n) is 13.0. The highest BCUT2D eigenvalue weighted by Crippen LogP contribution is 2.15. The summed E-state index contributed by atoms with van der Waals surface area (Å²) in [5.41, 5.74) is -0.509. The summed E-state index contributed by atoms with van der Waals surface area (Å²) in [6, 6.07) is -0.0934. The summed E-state index contributed by atoms with van der Waals surface area (Å²) < 4.78 is 10.6. The van der Waals surface area contributed by atoms with E-state index in [2.05, 4.69) is 5.32 Å². The van der Waals surface area contributed by atoms with E-state index in [1.807, 2.05) is 27.7 Å². The number of carbonyl (C=O) groups excluding carboxylic acids is 1. The first kappa shape index (κ1) is 17.2. The SMILES string of the molecule is CCOCCCN[C@@H]1CN(C(=O)OC(C)(C)C)C[C@H]1O. The van der Waals surface area contributed by atoms with E-state index in [1.165, 1.54) is 0 Å². The van der Waals surface area contributed by atoms with Crippen molar-refractivity contribution < 1.29 is 19.4 Å². The van der Waals surface area contributed by atoms with Gasteiger partial charge in [0, 0.05) is 19.8 Å². The van der Waals surface area contributed by atoms with E-state index < -0.39 is 11.7 Å². The van der Waals surface area contributed by atoms with Crippen molar-refractivity contribution in [3.8, 4) is 0 Å². The van der Waals surface area contributed by atoms with E-state index in [1.54, 1.807) is 4.90 Å². The van der Waals surface area contributed by atoms with Crippen LogP contribution >= 0.6 is 0 Å². The molecule has 0 aromatic heterocycles. The minimum Gasteiger partial charge on any atom is -0.444 e. The molecule has 1 rings (SSSR count). The van der Waals surface area contributed by atoms with E-state index in [-0.39, 0.29) is 12.1 Å². The first-order valence-corrected chi connectivity index (χ1v) is 7.30. The van der Waals surface area contributed by atoms with E-state index >= 15 is 0 Å². The maximum atomic E-state index is 11.9. The Bertz CT molecular complexity index is 304. The first-order chi connectivity index (χ1) is 9.33. The lowest BCUT2D eigenvalue weighted by Gasteiger charge is -2.24. The van der Waals surface area contributed by atoms with Gasteiger partial charge in [-0.2, -0.15) is 0 Å². The van der Waals surface area contributed by atoms with Crippen molar-refractivity contribution >= 4 is 6.09 Å². The molecule has 1 aliphatic rings. The Balaban J connectivity index is 2.30. The Morgan fingerprint density at radius 3 is 2.70 bits per heavy atom. The Morgan fingerprint density at radius 2 is 2.10 bits per heavy atom. The predicted molar refractivity (Wildman–Crippen MR) is 76.7 cm³/mol. The maximum absolute atomic E-state index is 11.9. The van der Waals surface area contributed by atoms with Gasteiger partial charge in [-0.05, 0) is 40.7 Å². The predicted octanol–water partition coefficient (Wildman–Crippen LogP) is 0.983. The van der Waals surface area contributed by atoms with E-state index in [0.717, 1.165) is 19.6 Å². The van der Waals surface area contributed by atoms with Crippen molar-refractivity contribution in [3.05, 3.63) is 0 Å². The van der Waals surface area contributed by atoms with Crippen molar-refractivity contribution in [1.29, 1.82) is 0 Å². The molecule has 0 spiro atoms. The number of nitrogens with one attached hydrogen (secondary N) is 1. The quantitative estimate of drug-likeness (QED) is 0.713. The normalized spacial score (nSPS) is 23.1. The molecule has 0 unspecified atom stereocenters. The number of likely N-dealkylation sites (tertiary alicyclic amines) is 1. The van der Waals surface area contributed by atoms with Crippen molar-refractivity contribution in [3.63, 3.8) is 0 Å². The molecule has 1 fully saturated rings. The Morgan fingerprint density at radius 1 is 1.40 bits per heavy atom. The average Bonchev–Trinajstić information content (AvgIpc) is 2.69. The van der Waals surface area contributed by atoms with Crippen LogP contribution in [0.2, 0.25) is 0 Å². The summed E-state index contributed by atoms with van der Waals surface area (Å²) in [6.07, 6.45) is -0.0199. The zero-order chi connectivity index (χ0) is 15.2. The van der Waals surface area contributed by atoms with Gasteiger partial charge in [0.15, 0.2) is 0 Å². The second-order valence-electron chi connectivity index (χ2n) is 6.06. The molecule has 118 valence electrons. The van der Waals surface area contributed by atoms with Crippen LogP contribution in [0.5, 0.6) is 0 Å². The number of hydrogen-bond acceptors (Lipinski definition) is 5. The second kappa shape index (κ2) is 7.81. The monoisotopic (exact) mass is 288 g/mol. The number of amides is 1. The van der Waals surface area contributed by atoms with Crippen LogP contribution in [0.1, 0.15) is 34.1 Å². The van der Waals surface area contributed by atoms with Crippen molar-refractivity contribution in [2.75, 3.05) is 32.8 Å². The molecule has 0 bridgehead atoms. The largest absolute Gasteiger partial charge is 0.444 e. The molecule has 0 radical (unpaired) electrons. The Labute approximate surface area is 121 Å². The summed E-state index contributed by atoms with van der Waals surface area (Å²) >= 11 is 0. The molecule has 1 saturated heterocycles. The maximum Gasteiger partial charge on any atom is 0.410 e. The molecular weight excluding hydrogens is 260 g/mol. The van der Waals surface area contributed by atoms with Crippen LogP contribution in [0, 0.1) is 0 Å². The minimum atomic E-state index is -0.547. The van der Waals surface area contributed by atoms with Crippen LogP contribution in [0.3, 0.4) is 0 Å². The summed E-state index contributed by atoms with van der Waals surface area (Å²) in [5, 5.41) is 13.2. The molecule has 1 heterocycles. The van der Waals surface area contributed by atoms with Gasteiger partial charge in [-0.25, -0.2) is 4.79 Å². The third kappa shape index (κ3) is 6.07. The third-order valence-corrected chi connectivity index (χ3v) is 3.02. The Hall–Kier alpha value is -0.850. The van der Waals surface area contributed by atoms with Gasteiger partial charge in [0.2, 0.25) is 0 Å². The van der Waals surface area contributed by atoms with Crippen LogP contribution in [-0.4, -0.2) is 66.7 Å². The van der Waals surface area contributed by atoms with Crippen molar-refractivity contribution in [1.82, 2.24) is 10.2 Å². The molecule has 2 atom stereocenters. The molecule has 6 nitrogen and oxygen atoms in total. The molecule has 0 aliphatic carbocycles. The summed E-state index contributed by atoms with van der Waals surface area (Å²) in [7, 11) is 0. The molecule has 20 heavy (non-hydrogen) atoms. The second-order valence-corrected chi connectivity index (χ2v) is 6.06. The number of β-amino-alcohol motifs (C(OH)–C–C–N with tert-alkyl or cyclic N) is 1. The number of carbonyl (C=O) groups is 1. The van der Waals surface area contributed by atoms with Crippen LogP contribution in [0.25, 0.3) is 0 Å². The highest BCUT2D eigenvalue weighted by Gasteiger charge is 2.35. The molecular formula is C14H28N2O4. The van der Waals surface area contributed by atoms with Gasteiger partial charge in [0.1, 0.15) is 5.60 Å². The van der Waals surface area contributed by atoms with Crippen LogP contribution in [0.4, 0.5) is 4.79 Å². The van der Waals surface area contributed by atoms with Gasteiger partial charge >= 0.3 is 6.09 Å². The molecule has 0 aromatic rings. The average molecular weight is 288 g/mol. The molecule has 2 N–H and O–H groups in total. The van der Waals surface area contributed by atoms with E-state index in [0.29, 0.717) is 19.7 Å². The van der Waals surface area contributed by atoms with Gasteiger partial charge in [-0.1, -0.05) is 0 Å². The summed E-state index contributed by atoms with van der Waals surface area (Å²) in [6.45, 7) is 10.5. The van der Waals surface area contributed by atoms with Gasteiger partial charge in [-0.3, -0.25) is 0 Å². The fraction of sp³-hybridized carbons (Fsp3) is 0.929. The number of hydrogen-bond donors (Lipinski definition) is 2. The third-order valence-electron chi connectivity index (χ3n) is 3.02. The van der Waals surface area contributed by atoms with E-state index in [9.17, 15) is 9.90 Å². The van der Waals surface area contributed by atoms with Gasteiger partial charge in [0.05, 0.1) is 18.7 Å². The molecule has 0 saturated carbocycles. The number of ether oxygens (including phenoxy) is 2. The molecule has 1 aliphatic heterocycles. The van der Waals surface area contributed by atoms with Crippen molar-refractivity contribution in [2.24, 2.45) is 0 Å². The molecule has 1 amide bonds. The Kier molecular flexibility index (Phi) is 6.71. The van der Waals surface area contributed by atoms with E-state index in [4.69, 9.17) is 9.47 Å². The number of rotatable bonds is 6. The fourth-order valence-electron chi connectivity index (χ4n) is 2.07. The van der Waals surface area contributed by atoms with Crippen molar-refractivity contribution in [2.45, 2.75) is 51.9 Å². The summed E-state index contributed by atoms with van der Waals surface area (Å²) in [4.78, 5) is 13.5. The van der Waals surface area contributed by atoms with Gasteiger partial charge in [-0.15, -0.1) is 0 Å². The molecule has 6 heteroatoms. The molecule has 0 aromatic carbocycles. The van der Waals surface area contributed by atoms with Gasteiger partial charge < -0.3 is 24.8 Å². The fourth-order valence-corrected chi connectivity index (χ4v) is 2.07. The number of aliphatic hydroxyl groups is 1.